The van der Waals surface area contributed by atoms with Crippen molar-refractivity contribution in [1.29, 1.82) is 0 Å². The van der Waals surface area contributed by atoms with E-state index in [-0.39, 0.29) is 5.91 Å². The number of nitrogens with one attached hydrogen (secondary N) is 1. The van der Waals surface area contributed by atoms with E-state index in [0.29, 0.717) is 19.8 Å². The highest BCUT2D eigenvalue weighted by Crippen LogP contribution is 2.30. The van der Waals surface area contributed by atoms with Crippen LogP contribution in [0.25, 0.3) is 6.08 Å². The summed E-state index contributed by atoms with van der Waals surface area (Å²) in [7, 11) is 0. The van der Waals surface area contributed by atoms with Gasteiger partial charge in [-0.2, -0.15) is 0 Å². The first kappa shape index (κ1) is 12.5. The van der Waals surface area contributed by atoms with Crippen LogP contribution in [0, 0.1) is 0 Å². The predicted molar refractivity (Wildman–Crippen MR) is 69.8 cm³/mol. The highest BCUT2D eigenvalue weighted by atomic mass is 16.5. The van der Waals surface area contributed by atoms with Gasteiger partial charge >= 0.3 is 0 Å². The van der Waals surface area contributed by atoms with Crippen molar-refractivity contribution in [2.24, 2.45) is 0 Å². The first-order valence-electron chi connectivity index (χ1n) is 6.06. The van der Waals surface area contributed by atoms with Gasteiger partial charge in [0.2, 0.25) is 5.91 Å². The van der Waals surface area contributed by atoms with E-state index in [0.717, 1.165) is 23.5 Å². The standard InChI is InChI=1S/C14H17NO3/c1-11(16)15-7-2-4-12-5-6-13-14(10-12)18-9-3-8-17-13/h2,4-6,10H,3,7-9H2,1H3,(H,15,16). The number of benzene rings is 1. The fourth-order valence-corrected chi connectivity index (χ4v) is 1.68. The van der Waals surface area contributed by atoms with Crippen LogP contribution in [-0.2, 0) is 4.79 Å². The molecule has 0 saturated heterocycles. The van der Waals surface area contributed by atoms with Gasteiger partial charge in [-0.15, -0.1) is 0 Å². The van der Waals surface area contributed by atoms with Gasteiger partial charge in [0.05, 0.1) is 13.2 Å². The number of carbonyl (C=O) groups is 1. The molecule has 0 aromatic heterocycles. The molecule has 18 heavy (non-hydrogen) atoms. The molecule has 1 amide bonds. The molecule has 1 N–H and O–H groups in total. The van der Waals surface area contributed by atoms with Crippen LogP contribution in [0.5, 0.6) is 11.5 Å². The Morgan fingerprint density at radius 3 is 2.89 bits per heavy atom. The average Bonchev–Trinajstić information content (AvgIpc) is 2.59. The molecule has 96 valence electrons. The molecule has 0 atom stereocenters. The summed E-state index contributed by atoms with van der Waals surface area (Å²) in [6, 6.07) is 5.83. The fraction of sp³-hybridized carbons (Fsp3) is 0.357. The molecule has 1 aromatic rings. The van der Waals surface area contributed by atoms with E-state index >= 15 is 0 Å². The molecule has 0 saturated carbocycles. The molecule has 0 spiro atoms. The Morgan fingerprint density at radius 1 is 1.33 bits per heavy atom. The second kappa shape index (κ2) is 6.10. The van der Waals surface area contributed by atoms with E-state index in [2.05, 4.69) is 5.32 Å². The van der Waals surface area contributed by atoms with Crippen LogP contribution in [0.1, 0.15) is 18.9 Å². The maximum absolute atomic E-state index is 10.7. The van der Waals surface area contributed by atoms with Crippen molar-refractivity contribution in [3.8, 4) is 11.5 Å². The van der Waals surface area contributed by atoms with E-state index < -0.39 is 0 Å². The van der Waals surface area contributed by atoms with Crippen LogP contribution < -0.4 is 14.8 Å². The van der Waals surface area contributed by atoms with Crippen LogP contribution in [0.4, 0.5) is 0 Å². The Bertz CT molecular complexity index is 454. The Morgan fingerprint density at radius 2 is 2.11 bits per heavy atom. The maximum Gasteiger partial charge on any atom is 0.217 e. The minimum absolute atomic E-state index is 0.0293. The molecule has 1 heterocycles. The topological polar surface area (TPSA) is 47.6 Å². The number of fused-ring (bicyclic) bond motifs is 1. The molecule has 0 bridgehead atoms. The SMILES string of the molecule is CC(=O)NCC=Cc1ccc2c(c1)OCCCO2. The van der Waals surface area contributed by atoms with Crippen LogP contribution in [0.15, 0.2) is 24.3 Å². The molecule has 1 aromatic carbocycles. The summed E-state index contributed by atoms with van der Waals surface area (Å²) in [6.45, 7) is 3.42. The summed E-state index contributed by atoms with van der Waals surface area (Å²) in [5.41, 5.74) is 1.03. The van der Waals surface area contributed by atoms with Crippen LogP contribution in [0.3, 0.4) is 0 Å². The summed E-state index contributed by atoms with van der Waals surface area (Å²) in [5.74, 6) is 1.55. The smallest absolute Gasteiger partial charge is 0.217 e. The molecule has 1 aliphatic rings. The summed E-state index contributed by atoms with van der Waals surface area (Å²) < 4.78 is 11.2. The predicted octanol–water partition coefficient (Wildman–Crippen LogP) is 2.00. The van der Waals surface area contributed by atoms with E-state index in [1.807, 2.05) is 30.4 Å². The van der Waals surface area contributed by atoms with Crippen molar-refractivity contribution in [1.82, 2.24) is 5.32 Å². The average molecular weight is 247 g/mol. The van der Waals surface area contributed by atoms with E-state index in [1.165, 1.54) is 6.92 Å². The monoisotopic (exact) mass is 247 g/mol. The zero-order valence-electron chi connectivity index (χ0n) is 10.4. The molecule has 0 radical (unpaired) electrons. The van der Waals surface area contributed by atoms with E-state index in [1.54, 1.807) is 0 Å². The first-order valence-corrected chi connectivity index (χ1v) is 6.06. The summed E-state index contributed by atoms with van der Waals surface area (Å²) >= 11 is 0. The second-order valence-corrected chi connectivity index (χ2v) is 4.10. The normalized spacial score (nSPS) is 14.3. The Hall–Kier alpha value is -1.97. The quantitative estimate of drug-likeness (QED) is 0.888. The molecule has 1 aliphatic heterocycles. The van der Waals surface area contributed by atoms with Gasteiger partial charge in [-0.05, 0) is 17.7 Å². The third-order valence-electron chi connectivity index (χ3n) is 2.55. The minimum atomic E-state index is -0.0293. The van der Waals surface area contributed by atoms with Crippen molar-refractivity contribution in [3.63, 3.8) is 0 Å². The van der Waals surface area contributed by atoms with Gasteiger partial charge in [-0.25, -0.2) is 0 Å². The molecular weight excluding hydrogens is 230 g/mol. The number of hydrogen-bond acceptors (Lipinski definition) is 3. The number of rotatable bonds is 3. The van der Waals surface area contributed by atoms with Crippen LogP contribution in [-0.4, -0.2) is 25.7 Å². The first-order chi connectivity index (χ1) is 8.75. The van der Waals surface area contributed by atoms with Gasteiger partial charge < -0.3 is 14.8 Å². The van der Waals surface area contributed by atoms with Gasteiger partial charge in [0.1, 0.15) is 0 Å². The lowest BCUT2D eigenvalue weighted by Crippen LogP contribution is -2.19. The van der Waals surface area contributed by atoms with Gasteiger partial charge in [0, 0.05) is 19.9 Å². The van der Waals surface area contributed by atoms with Gasteiger partial charge in [-0.3, -0.25) is 4.79 Å². The maximum atomic E-state index is 10.7. The van der Waals surface area contributed by atoms with E-state index in [4.69, 9.17) is 9.47 Å². The fourth-order valence-electron chi connectivity index (χ4n) is 1.68. The molecular formula is C14H17NO3. The van der Waals surface area contributed by atoms with E-state index in [9.17, 15) is 4.79 Å². The lowest BCUT2D eigenvalue weighted by atomic mass is 10.2. The lowest BCUT2D eigenvalue weighted by molar-refractivity contribution is -0.118. The molecule has 0 aliphatic carbocycles. The third kappa shape index (κ3) is 3.52. The van der Waals surface area contributed by atoms with Gasteiger partial charge in [0.15, 0.2) is 11.5 Å². The highest BCUT2D eigenvalue weighted by molar-refractivity contribution is 5.73. The highest BCUT2D eigenvalue weighted by Gasteiger charge is 2.09. The molecule has 0 unspecified atom stereocenters. The van der Waals surface area contributed by atoms with Crippen molar-refractivity contribution < 1.29 is 14.3 Å². The largest absolute Gasteiger partial charge is 0.490 e. The molecule has 4 heteroatoms. The molecule has 4 nitrogen and oxygen atoms in total. The summed E-state index contributed by atoms with van der Waals surface area (Å²) in [4.78, 5) is 10.7. The Labute approximate surface area is 107 Å². The van der Waals surface area contributed by atoms with Gasteiger partial charge in [0.25, 0.3) is 0 Å². The second-order valence-electron chi connectivity index (χ2n) is 4.10. The molecule has 0 fully saturated rings. The lowest BCUT2D eigenvalue weighted by Gasteiger charge is -2.07. The summed E-state index contributed by atoms with van der Waals surface area (Å²) in [5, 5.41) is 2.71. The third-order valence-corrected chi connectivity index (χ3v) is 2.55. The summed E-state index contributed by atoms with van der Waals surface area (Å²) in [6.07, 6.45) is 4.76. The van der Waals surface area contributed by atoms with Crippen molar-refractivity contribution >= 4 is 12.0 Å². The van der Waals surface area contributed by atoms with Crippen molar-refractivity contribution in [2.75, 3.05) is 19.8 Å². The van der Waals surface area contributed by atoms with Crippen molar-refractivity contribution in [3.05, 3.63) is 29.8 Å². The van der Waals surface area contributed by atoms with Gasteiger partial charge in [-0.1, -0.05) is 18.2 Å². The number of hydrogen-bond donors (Lipinski definition) is 1. The number of amides is 1. The molecule has 2 rings (SSSR count). The number of carbonyl (C=O) groups excluding carboxylic acids is 1. The van der Waals surface area contributed by atoms with Crippen LogP contribution >= 0.6 is 0 Å². The van der Waals surface area contributed by atoms with Crippen molar-refractivity contribution in [2.45, 2.75) is 13.3 Å². The zero-order valence-corrected chi connectivity index (χ0v) is 10.4. The Kier molecular flexibility index (Phi) is 4.23. The van der Waals surface area contributed by atoms with Crippen LogP contribution in [0.2, 0.25) is 0 Å². The minimum Gasteiger partial charge on any atom is -0.490 e. The zero-order chi connectivity index (χ0) is 12.8. The Balaban J connectivity index is 2.01. The number of ether oxygens (including phenoxy) is 2.